The lowest BCUT2D eigenvalue weighted by molar-refractivity contribution is -0.153. The third-order valence-corrected chi connectivity index (χ3v) is 7.86. The fourth-order valence-electron chi connectivity index (χ4n) is 5.88. The maximum absolute atomic E-state index is 14.2. The van der Waals surface area contributed by atoms with Crippen LogP contribution in [0.2, 0.25) is 0 Å². The summed E-state index contributed by atoms with van der Waals surface area (Å²) in [4.78, 5) is 79.7. The highest BCUT2D eigenvalue weighted by atomic mass is 16.6. The number of amides is 5. The normalized spacial score (nSPS) is 18.3. The molecule has 0 radical (unpaired) electrons. The van der Waals surface area contributed by atoms with Crippen molar-refractivity contribution in [3.63, 3.8) is 0 Å². The molecule has 4 N–H and O–H groups in total. The van der Waals surface area contributed by atoms with Crippen molar-refractivity contribution in [2.75, 3.05) is 19.6 Å². The predicted octanol–water partition coefficient (Wildman–Crippen LogP) is 3.47. The molecular weight excluding hydrogens is 626 g/mol. The van der Waals surface area contributed by atoms with Gasteiger partial charge in [-0.15, -0.1) is 6.58 Å². The van der Waals surface area contributed by atoms with Crippen LogP contribution < -0.4 is 21.3 Å². The van der Waals surface area contributed by atoms with Crippen molar-refractivity contribution in [2.45, 2.75) is 111 Å². The molecule has 0 aromatic heterocycles. The minimum absolute atomic E-state index is 0.0247. The number of benzene rings is 1. The van der Waals surface area contributed by atoms with Gasteiger partial charge in [0.1, 0.15) is 24.2 Å². The smallest absolute Gasteiger partial charge is 0.325 e. The first kappa shape index (κ1) is 41.0. The van der Waals surface area contributed by atoms with Crippen molar-refractivity contribution in [1.29, 1.82) is 0 Å². The molecule has 0 spiro atoms. The van der Waals surface area contributed by atoms with E-state index in [-0.39, 0.29) is 37.9 Å². The lowest BCUT2D eigenvalue weighted by atomic mass is 9.95. The quantitative estimate of drug-likeness (QED) is 0.141. The van der Waals surface area contributed by atoms with Crippen LogP contribution in [0.4, 0.5) is 4.79 Å². The van der Waals surface area contributed by atoms with Gasteiger partial charge in [-0.3, -0.25) is 24.0 Å². The number of nitrogens with zero attached hydrogens (tertiary/aromatic N) is 1. The maximum atomic E-state index is 14.2. The number of carbonyl (C=O) groups is 6. The molecule has 2 unspecified atom stereocenters. The van der Waals surface area contributed by atoms with Crippen molar-refractivity contribution >= 4 is 35.5 Å². The molecule has 3 rings (SSSR count). The van der Waals surface area contributed by atoms with Gasteiger partial charge in [-0.05, 0) is 75.3 Å². The molecule has 1 aliphatic heterocycles. The topological polar surface area (TPSA) is 163 Å². The van der Waals surface area contributed by atoms with Crippen LogP contribution in [0.15, 0.2) is 36.9 Å². The molecule has 1 fully saturated rings. The lowest BCUT2D eigenvalue weighted by Gasteiger charge is -2.32. The molecule has 0 saturated carbocycles. The number of urea groups is 1. The summed E-state index contributed by atoms with van der Waals surface area (Å²) in [7, 11) is 0. The summed E-state index contributed by atoms with van der Waals surface area (Å²) in [5, 5.41) is 10.4. The van der Waals surface area contributed by atoms with Crippen molar-refractivity contribution in [3.8, 4) is 0 Å². The van der Waals surface area contributed by atoms with Crippen LogP contribution in [0.3, 0.4) is 0 Å². The van der Waals surface area contributed by atoms with E-state index in [1.165, 1.54) is 11.0 Å². The van der Waals surface area contributed by atoms with Gasteiger partial charge in [0, 0.05) is 13.1 Å². The second kappa shape index (κ2) is 19.1. The molecule has 1 aromatic rings. The second-order valence-electron chi connectivity index (χ2n) is 14.6. The highest BCUT2D eigenvalue weighted by Gasteiger charge is 2.44. The number of carbonyl (C=O) groups excluding carboxylic acids is 6. The second-order valence-corrected chi connectivity index (χ2v) is 14.6. The van der Waals surface area contributed by atoms with E-state index >= 15 is 0 Å². The highest BCUT2D eigenvalue weighted by Crippen LogP contribution is 2.32. The maximum Gasteiger partial charge on any atom is 0.325 e. The Hall–Kier alpha value is -4.22. The molecule has 49 heavy (non-hydrogen) atoms. The van der Waals surface area contributed by atoms with Gasteiger partial charge in [0.15, 0.2) is 0 Å². The number of hydrogen-bond acceptors (Lipinski definition) is 7. The zero-order chi connectivity index (χ0) is 36.9. The van der Waals surface area contributed by atoms with Crippen molar-refractivity contribution < 1.29 is 33.5 Å². The number of esters is 1. The molecule has 12 nitrogen and oxygen atoms in total. The number of fused-ring (bicyclic) bond motifs is 1. The van der Waals surface area contributed by atoms with Gasteiger partial charge in [-0.1, -0.05) is 71.4 Å². The Morgan fingerprint density at radius 2 is 1.59 bits per heavy atom. The number of Topliss-reactive ketones (excluding diaryl/α,β-unsaturated/α-hetero) is 1. The Kier molecular flexibility index (Phi) is 16.0. The first-order valence-corrected chi connectivity index (χ1v) is 17.3. The first-order chi connectivity index (χ1) is 23.0. The van der Waals surface area contributed by atoms with Crippen LogP contribution in [0.1, 0.15) is 85.8 Å². The highest BCUT2D eigenvalue weighted by molar-refractivity contribution is 6.38. The third-order valence-electron chi connectivity index (χ3n) is 7.86. The summed E-state index contributed by atoms with van der Waals surface area (Å²) in [5.41, 5.74) is 1.44. The van der Waals surface area contributed by atoms with Crippen LogP contribution in [0.25, 0.3) is 0 Å². The van der Waals surface area contributed by atoms with Crippen LogP contribution >= 0.6 is 0 Å². The molecule has 272 valence electrons. The molecule has 1 aliphatic carbocycles. The summed E-state index contributed by atoms with van der Waals surface area (Å²) < 4.78 is 5.26. The van der Waals surface area contributed by atoms with Gasteiger partial charge >= 0.3 is 12.0 Å². The average molecular weight is 684 g/mol. The van der Waals surface area contributed by atoms with Crippen LogP contribution in [-0.2, 0) is 41.6 Å². The summed E-state index contributed by atoms with van der Waals surface area (Å²) in [6, 6.07) is 4.19. The van der Waals surface area contributed by atoms with Crippen LogP contribution in [0, 0.1) is 17.8 Å². The number of likely N-dealkylation sites (tertiary alicyclic amines) is 1. The molecule has 12 heteroatoms. The fraction of sp³-hybridized carbons (Fsp3) is 0.622. The van der Waals surface area contributed by atoms with E-state index in [2.05, 4.69) is 48.6 Å². The molecule has 5 amide bonds. The van der Waals surface area contributed by atoms with E-state index in [0.29, 0.717) is 25.7 Å². The van der Waals surface area contributed by atoms with E-state index < -0.39 is 59.2 Å². The van der Waals surface area contributed by atoms with Crippen molar-refractivity contribution in [1.82, 2.24) is 26.2 Å². The van der Waals surface area contributed by atoms with Crippen molar-refractivity contribution in [2.24, 2.45) is 17.8 Å². The van der Waals surface area contributed by atoms with Gasteiger partial charge in [0.2, 0.25) is 17.6 Å². The number of ketones is 1. The molecule has 0 bridgehead atoms. The summed E-state index contributed by atoms with van der Waals surface area (Å²) >= 11 is 0. The minimum atomic E-state index is -1.04. The number of nitrogens with one attached hydrogen (secondary N) is 4. The zero-order valence-electron chi connectivity index (χ0n) is 30.5. The number of hydrogen-bond donors (Lipinski definition) is 4. The van der Waals surface area contributed by atoms with E-state index in [9.17, 15) is 28.8 Å². The number of ether oxygens (including phenoxy) is 1. The van der Waals surface area contributed by atoms with Crippen LogP contribution in [-0.4, -0.2) is 83.8 Å². The Morgan fingerprint density at radius 3 is 2.12 bits per heavy atom. The molecule has 1 saturated heterocycles. The Bertz CT molecular complexity index is 1310. The number of rotatable bonds is 13. The summed E-state index contributed by atoms with van der Waals surface area (Å²) in [5.74, 6) is -2.63. The predicted molar refractivity (Wildman–Crippen MR) is 188 cm³/mol. The Morgan fingerprint density at radius 1 is 1.00 bits per heavy atom. The lowest BCUT2D eigenvalue weighted by Crippen LogP contribution is -2.59. The molecule has 1 heterocycles. The SMILES string of the molecule is C=CCNC(=O)C(=O)C(CCC)NC(=O)[C@@H]1C[C@@H](C)CN1C(=O)C(NC(=O)NCC(=O)OC(C)(C)C)C1Cc2ccccc2C1.CC(C)C. The molecular formula is C37H57N5O7. The van der Waals surface area contributed by atoms with Gasteiger partial charge in [-0.2, -0.15) is 0 Å². The molecule has 2 aliphatic rings. The van der Waals surface area contributed by atoms with Gasteiger partial charge in [-0.25, -0.2) is 4.79 Å². The van der Waals surface area contributed by atoms with E-state index in [4.69, 9.17) is 4.74 Å². The first-order valence-electron chi connectivity index (χ1n) is 17.3. The Labute approximate surface area is 291 Å². The fourth-order valence-corrected chi connectivity index (χ4v) is 5.88. The summed E-state index contributed by atoms with van der Waals surface area (Å²) in [6.07, 6.45) is 3.70. The van der Waals surface area contributed by atoms with E-state index in [1.54, 1.807) is 20.8 Å². The van der Waals surface area contributed by atoms with E-state index in [1.807, 2.05) is 38.1 Å². The van der Waals surface area contributed by atoms with Gasteiger partial charge in [0.25, 0.3) is 5.91 Å². The molecule has 4 atom stereocenters. The summed E-state index contributed by atoms with van der Waals surface area (Å²) in [6.45, 7) is 19.0. The molecule has 1 aromatic carbocycles. The largest absolute Gasteiger partial charge is 0.459 e. The van der Waals surface area contributed by atoms with Crippen molar-refractivity contribution in [3.05, 3.63) is 48.0 Å². The van der Waals surface area contributed by atoms with Gasteiger partial charge in [0.05, 0.1) is 6.04 Å². The minimum Gasteiger partial charge on any atom is -0.459 e. The zero-order valence-corrected chi connectivity index (χ0v) is 30.5. The standard InChI is InChI=1S/C33H47N5O7.C4H10/c1-7-11-24(28(40)30(42)34-14-8-2)36-29(41)25-15-20(3)19-38(25)31(43)27(23-16-21-12-9-10-13-22(21)17-23)37-32(44)35-18-26(39)45-33(4,5)6;1-4(2)3/h8-10,12-13,20,23-25,27H,2,7,11,14-19H2,1,3-6H3,(H,34,42)(H,36,41)(H2,35,37,44);4H,1-3H3/t20-,24?,25+,27?;/m1./s1. The van der Waals surface area contributed by atoms with E-state index in [0.717, 1.165) is 17.0 Å². The monoisotopic (exact) mass is 683 g/mol. The third kappa shape index (κ3) is 13.3. The van der Waals surface area contributed by atoms with Crippen LogP contribution in [0.5, 0.6) is 0 Å². The Balaban J connectivity index is 0.00000197. The average Bonchev–Trinajstić information content (AvgIpc) is 3.63. The van der Waals surface area contributed by atoms with Gasteiger partial charge < -0.3 is 30.9 Å².